The van der Waals surface area contributed by atoms with Crippen molar-refractivity contribution in [2.75, 3.05) is 18.7 Å². The summed E-state index contributed by atoms with van der Waals surface area (Å²) in [4.78, 5) is 0.0806. The Labute approximate surface area is 123 Å². The van der Waals surface area contributed by atoms with E-state index in [1.54, 1.807) is 7.11 Å². The van der Waals surface area contributed by atoms with E-state index in [1.807, 2.05) is 24.3 Å². The molecule has 1 N–H and O–H groups in total. The van der Waals surface area contributed by atoms with E-state index in [9.17, 15) is 12.8 Å². The molecule has 0 atom stereocenters. The van der Waals surface area contributed by atoms with Crippen LogP contribution in [0.3, 0.4) is 0 Å². The van der Waals surface area contributed by atoms with Crippen LogP contribution in [-0.4, -0.2) is 21.8 Å². The van der Waals surface area contributed by atoms with Crippen molar-refractivity contribution >= 4 is 15.5 Å². The van der Waals surface area contributed by atoms with E-state index in [-0.39, 0.29) is 10.6 Å². The summed E-state index contributed by atoms with van der Waals surface area (Å²) in [6.45, 7) is 0.362. The van der Waals surface area contributed by atoms with E-state index < -0.39 is 15.7 Å². The summed E-state index contributed by atoms with van der Waals surface area (Å²) in [7, 11) is -1.79. The van der Waals surface area contributed by atoms with Gasteiger partial charge in [-0.1, -0.05) is 12.1 Å². The maximum atomic E-state index is 13.7. The van der Waals surface area contributed by atoms with E-state index in [0.29, 0.717) is 12.3 Å². The Morgan fingerprint density at radius 1 is 1.19 bits per heavy atom. The smallest absolute Gasteiger partial charge is 0.175 e. The second-order valence-electron chi connectivity index (χ2n) is 4.62. The van der Waals surface area contributed by atoms with Crippen LogP contribution in [0.5, 0.6) is 5.75 Å². The molecule has 0 fully saturated rings. The van der Waals surface area contributed by atoms with Crippen LogP contribution in [0.1, 0.15) is 5.56 Å². The summed E-state index contributed by atoms with van der Waals surface area (Å²) in [6.07, 6.45) is 1.09. The van der Waals surface area contributed by atoms with Gasteiger partial charge in [0.1, 0.15) is 11.6 Å². The number of sulfone groups is 1. The molecule has 0 aliphatic carbocycles. The molecular formula is C15H16FNO3S. The Kier molecular flexibility index (Phi) is 4.47. The van der Waals surface area contributed by atoms with E-state index >= 15 is 0 Å². The van der Waals surface area contributed by atoms with Crippen LogP contribution >= 0.6 is 0 Å². The van der Waals surface area contributed by atoms with Gasteiger partial charge >= 0.3 is 0 Å². The van der Waals surface area contributed by atoms with Crippen molar-refractivity contribution in [3.05, 3.63) is 53.8 Å². The van der Waals surface area contributed by atoms with Gasteiger partial charge in [0.05, 0.1) is 17.7 Å². The molecule has 0 bridgehead atoms. The number of nitrogens with one attached hydrogen (secondary N) is 1. The normalized spacial score (nSPS) is 11.2. The molecule has 21 heavy (non-hydrogen) atoms. The third-order valence-electron chi connectivity index (χ3n) is 2.98. The van der Waals surface area contributed by atoms with E-state index in [1.165, 1.54) is 12.1 Å². The molecule has 4 nitrogen and oxygen atoms in total. The van der Waals surface area contributed by atoms with Crippen molar-refractivity contribution < 1.29 is 17.5 Å². The lowest BCUT2D eigenvalue weighted by Crippen LogP contribution is -2.04. The first-order valence-electron chi connectivity index (χ1n) is 6.26. The first-order valence-corrected chi connectivity index (χ1v) is 8.15. The summed E-state index contributed by atoms with van der Waals surface area (Å²) in [5, 5.41) is 2.90. The zero-order chi connectivity index (χ0) is 15.5. The first kappa shape index (κ1) is 15.3. The van der Waals surface area contributed by atoms with Gasteiger partial charge in [-0.25, -0.2) is 12.8 Å². The largest absolute Gasteiger partial charge is 0.497 e. The molecule has 0 unspecified atom stereocenters. The summed E-state index contributed by atoms with van der Waals surface area (Å²) in [6, 6.07) is 11.0. The first-order chi connectivity index (χ1) is 9.90. The van der Waals surface area contributed by atoms with Crippen LogP contribution in [0.25, 0.3) is 0 Å². The minimum atomic E-state index is -3.36. The lowest BCUT2D eigenvalue weighted by atomic mass is 10.2. The van der Waals surface area contributed by atoms with Crippen molar-refractivity contribution in [3.63, 3.8) is 0 Å². The Hall–Kier alpha value is -2.08. The number of methoxy groups -OCH3 is 1. The van der Waals surface area contributed by atoms with Gasteiger partial charge in [0.15, 0.2) is 9.84 Å². The van der Waals surface area contributed by atoms with Crippen LogP contribution in [0.4, 0.5) is 10.1 Å². The molecule has 0 radical (unpaired) electrons. The average molecular weight is 309 g/mol. The molecule has 2 aromatic rings. The monoisotopic (exact) mass is 309 g/mol. The van der Waals surface area contributed by atoms with Crippen LogP contribution in [0, 0.1) is 5.82 Å². The molecule has 0 amide bonds. The molecule has 2 rings (SSSR count). The van der Waals surface area contributed by atoms with Gasteiger partial charge in [-0.15, -0.1) is 0 Å². The van der Waals surface area contributed by atoms with Gasteiger partial charge in [-0.05, 0) is 35.9 Å². The molecule has 0 saturated carbocycles. The Morgan fingerprint density at radius 2 is 1.95 bits per heavy atom. The van der Waals surface area contributed by atoms with Crippen LogP contribution in [-0.2, 0) is 16.4 Å². The van der Waals surface area contributed by atoms with Crippen molar-refractivity contribution in [2.45, 2.75) is 11.4 Å². The third kappa shape index (κ3) is 3.95. The van der Waals surface area contributed by atoms with E-state index in [2.05, 4.69) is 5.32 Å². The minimum absolute atomic E-state index is 0.0806. The van der Waals surface area contributed by atoms with Crippen LogP contribution in [0.15, 0.2) is 47.4 Å². The van der Waals surface area contributed by atoms with Gasteiger partial charge < -0.3 is 10.1 Å². The number of hydrogen-bond acceptors (Lipinski definition) is 4. The van der Waals surface area contributed by atoms with Crippen molar-refractivity contribution in [2.24, 2.45) is 0 Å². The highest BCUT2D eigenvalue weighted by molar-refractivity contribution is 7.90. The molecule has 0 aliphatic rings. The Balaban J connectivity index is 2.19. The molecule has 0 heterocycles. The van der Waals surface area contributed by atoms with Gasteiger partial charge in [0.25, 0.3) is 0 Å². The quantitative estimate of drug-likeness (QED) is 0.863. The van der Waals surface area contributed by atoms with Crippen molar-refractivity contribution in [1.29, 1.82) is 0 Å². The highest BCUT2D eigenvalue weighted by Crippen LogP contribution is 2.21. The van der Waals surface area contributed by atoms with Crippen molar-refractivity contribution in [1.82, 2.24) is 0 Å². The fourth-order valence-electron chi connectivity index (χ4n) is 1.85. The third-order valence-corrected chi connectivity index (χ3v) is 4.09. The predicted octanol–water partition coefficient (Wildman–Crippen LogP) is 2.85. The topological polar surface area (TPSA) is 55.4 Å². The van der Waals surface area contributed by atoms with Gasteiger partial charge in [0.2, 0.25) is 0 Å². The molecular weight excluding hydrogens is 293 g/mol. The van der Waals surface area contributed by atoms with Crippen LogP contribution in [0.2, 0.25) is 0 Å². The molecule has 0 spiro atoms. The Bertz CT molecular complexity index is 744. The zero-order valence-corrected chi connectivity index (χ0v) is 12.6. The lowest BCUT2D eigenvalue weighted by Gasteiger charge is -2.10. The van der Waals surface area contributed by atoms with Gasteiger partial charge in [-0.3, -0.25) is 0 Å². The maximum absolute atomic E-state index is 13.7. The zero-order valence-electron chi connectivity index (χ0n) is 11.8. The second-order valence-corrected chi connectivity index (χ2v) is 6.63. The van der Waals surface area contributed by atoms with E-state index in [0.717, 1.165) is 17.9 Å². The summed E-state index contributed by atoms with van der Waals surface area (Å²) in [5.74, 6) is 0.213. The number of hydrogen-bond donors (Lipinski definition) is 1. The van der Waals surface area contributed by atoms with E-state index in [4.69, 9.17) is 4.74 Å². The fourth-order valence-corrected chi connectivity index (χ4v) is 2.50. The summed E-state index contributed by atoms with van der Waals surface area (Å²) < 4.78 is 41.8. The SMILES string of the molecule is COc1cccc(CNc2cc(S(C)(=O)=O)ccc2F)c1. The van der Waals surface area contributed by atoms with Crippen molar-refractivity contribution in [3.8, 4) is 5.75 Å². The standard InChI is InChI=1S/C15H16FNO3S/c1-20-12-5-3-4-11(8-12)10-17-15-9-13(21(2,18)19)6-7-14(15)16/h3-9,17H,10H2,1-2H3. The number of rotatable bonds is 5. The number of ether oxygens (including phenoxy) is 1. The molecule has 0 aromatic heterocycles. The fraction of sp³-hybridized carbons (Fsp3) is 0.200. The second kappa shape index (κ2) is 6.13. The molecule has 2 aromatic carbocycles. The summed E-state index contributed by atoms with van der Waals surface area (Å²) in [5.41, 5.74) is 1.05. The maximum Gasteiger partial charge on any atom is 0.175 e. The average Bonchev–Trinajstić information content (AvgIpc) is 2.45. The highest BCUT2D eigenvalue weighted by Gasteiger charge is 2.11. The van der Waals surface area contributed by atoms with Crippen LogP contribution < -0.4 is 10.1 Å². The summed E-state index contributed by atoms with van der Waals surface area (Å²) >= 11 is 0. The number of benzene rings is 2. The number of anilines is 1. The minimum Gasteiger partial charge on any atom is -0.497 e. The molecule has 6 heteroatoms. The lowest BCUT2D eigenvalue weighted by molar-refractivity contribution is 0.414. The Morgan fingerprint density at radius 3 is 2.62 bits per heavy atom. The molecule has 112 valence electrons. The van der Waals surface area contributed by atoms with Gasteiger partial charge in [-0.2, -0.15) is 0 Å². The predicted molar refractivity (Wildman–Crippen MR) is 79.8 cm³/mol. The molecule has 0 saturated heterocycles. The van der Waals surface area contributed by atoms with Gasteiger partial charge in [0, 0.05) is 12.8 Å². The number of halogens is 1. The highest BCUT2D eigenvalue weighted by atomic mass is 32.2. The molecule has 0 aliphatic heterocycles.